The Morgan fingerprint density at radius 2 is 1.73 bits per heavy atom. The van der Waals surface area contributed by atoms with Gasteiger partial charge < -0.3 is 10.2 Å². The number of aromatic amines is 1. The van der Waals surface area contributed by atoms with E-state index < -0.39 is 5.66 Å². The van der Waals surface area contributed by atoms with Gasteiger partial charge in [-0.2, -0.15) is 5.21 Å². The number of nitrogens with one attached hydrogen (secondary N) is 2. The first kappa shape index (κ1) is 32.1. The Hall–Kier alpha value is -3.30. The van der Waals surface area contributed by atoms with E-state index in [4.69, 9.17) is 28.2 Å². The zero-order chi connectivity index (χ0) is 31.6. The third-order valence-corrected chi connectivity index (χ3v) is 9.46. The molecular weight excluding hydrogens is 597 g/mol. The molecule has 1 aromatic heterocycles. The monoisotopic (exact) mass is 637 g/mol. The maximum absolute atomic E-state index is 14.5. The fourth-order valence-electron chi connectivity index (χ4n) is 6.53. The zero-order valence-corrected chi connectivity index (χ0v) is 27.5. The minimum Gasteiger partial charge on any atom is -0.345 e. The first-order valence-electron chi connectivity index (χ1n) is 15.4. The van der Waals surface area contributed by atoms with Gasteiger partial charge in [0.05, 0.1) is 12.6 Å². The highest BCUT2D eigenvalue weighted by Crippen LogP contribution is 2.50. The molecule has 1 spiro atoms. The topological polar surface area (TPSA) is 116 Å². The molecule has 0 unspecified atom stereocenters. The number of aliphatic imine (C=N–C) groups is 1. The van der Waals surface area contributed by atoms with Crippen LogP contribution in [0.2, 0.25) is 10.0 Å². The molecule has 2 aromatic carbocycles. The van der Waals surface area contributed by atoms with Crippen molar-refractivity contribution < 1.29 is 9.59 Å². The maximum Gasteiger partial charge on any atom is 0.275 e. The number of carbonyl (C=O) groups excluding carboxylic acids is 2. The molecule has 234 valence electrons. The lowest BCUT2D eigenvalue weighted by Gasteiger charge is -2.47. The summed E-state index contributed by atoms with van der Waals surface area (Å²) < 4.78 is 0. The molecule has 0 radical (unpaired) electrons. The van der Waals surface area contributed by atoms with Crippen LogP contribution in [0.15, 0.2) is 47.5 Å². The van der Waals surface area contributed by atoms with Crippen LogP contribution in [-0.4, -0.2) is 48.7 Å². The molecule has 11 heteroatoms. The van der Waals surface area contributed by atoms with Gasteiger partial charge >= 0.3 is 0 Å². The second-order valence-electron chi connectivity index (χ2n) is 13.5. The van der Waals surface area contributed by atoms with Crippen molar-refractivity contribution in [1.29, 1.82) is 0 Å². The van der Waals surface area contributed by atoms with Crippen molar-refractivity contribution in [3.63, 3.8) is 0 Å². The summed E-state index contributed by atoms with van der Waals surface area (Å²) >= 11 is 12.8. The zero-order valence-electron chi connectivity index (χ0n) is 26.0. The summed E-state index contributed by atoms with van der Waals surface area (Å²) in [7, 11) is 0. The Bertz CT molecular complexity index is 1490. The van der Waals surface area contributed by atoms with E-state index in [9.17, 15) is 9.59 Å². The van der Waals surface area contributed by atoms with E-state index in [0.717, 1.165) is 44.1 Å². The number of halogens is 2. The normalized spacial score (nSPS) is 21.2. The Morgan fingerprint density at radius 3 is 2.30 bits per heavy atom. The van der Waals surface area contributed by atoms with E-state index >= 15 is 0 Å². The second-order valence-corrected chi connectivity index (χ2v) is 14.4. The highest BCUT2D eigenvalue weighted by Gasteiger charge is 2.52. The van der Waals surface area contributed by atoms with Gasteiger partial charge in [-0.1, -0.05) is 75.2 Å². The lowest BCUT2D eigenvalue weighted by Crippen LogP contribution is -2.51. The molecule has 1 fully saturated rings. The summed E-state index contributed by atoms with van der Waals surface area (Å²) in [4.78, 5) is 34.7. The third kappa shape index (κ3) is 6.99. The predicted molar refractivity (Wildman–Crippen MR) is 173 cm³/mol. The van der Waals surface area contributed by atoms with Crippen molar-refractivity contribution in [3.8, 4) is 0 Å². The Morgan fingerprint density at radius 1 is 1.07 bits per heavy atom. The average Bonchev–Trinajstić information content (AvgIpc) is 3.58. The maximum atomic E-state index is 14.5. The van der Waals surface area contributed by atoms with E-state index in [2.05, 4.69) is 60.6 Å². The van der Waals surface area contributed by atoms with Crippen LogP contribution in [0, 0.1) is 17.3 Å². The summed E-state index contributed by atoms with van der Waals surface area (Å²) in [6, 6.07) is 12.5. The Balaban J connectivity index is 1.49. The third-order valence-electron chi connectivity index (χ3n) is 9.02. The average molecular weight is 639 g/mol. The summed E-state index contributed by atoms with van der Waals surface area (Å²) in [5.74, 6) is 1.06. The number of amides is 2. The second kappa shape index (κ2) is 13.0. The molecular formula is C33H41Cl2N7O2. The first-order valence-corrected chi connectivity index (χ1v) is 16.1. The van der Waals surface area contributed by atoms with Crippen LogP contribution in [0.4, 0.5) is 0 Å². The molecule has 1 atom stereocenters. The number of hydrogen-bond acceptors (Lipinski definition) is 6. The number of hydrogen-bond donors (Lipinski definition) is 2. The number of benzene rings is 2. The number of tetrazole rings is 1. The van der Waals surface area contributed by atoms with Gasteiger partial charge in [0.25, 0.3) is 11.8 Å². The number of carbonyl (C=O) groups is 2. The van der Waals surface area contributed by atoms with E-state index in [-0.39, 0.29) is 29.8 Å². The molecule has 1 aliphatic carbocycles. The molecule has 3 aromatic rings. The fraction of sp³-hybridized carbons (Fsp3) is 0.515. The van der Waals surface area contributed by atoms with Gasteiger partial charge in [0.15, 0.2) is 5.82 Å². The van der Waals surface area contributed by atoms with Gasteiger partial charge in [-0.15, -0.1) is 10.2 Å². The highest BCUT2D eigenvalue weighted by molar-refractivity contribution is 6.47. The van der Waals surface area contributed by atoms with E-state index in [1.807, 2.05) is 29.2 Å². The standard InChI is InChI=1S/C33H41Cl2N7O2/c1-20(2)6-11-27(21-7-9-22(10-8-21)30(43)36-19-28-38-40-41-39-28)42-31(44)29(23-16-25(34)18-26(35)17-23)37-33(42)14-12-24(13-15-33)32(3,4)5/h7-10,16-18,20,24,27H,6,11-15,19H2,1-5H3,(H,36,43)(H,38,39,40,41)/t24?,27-,33?/m1/s1. The quantitative estimate of drug-likeness (QED) is 0.258. The molecule has 44 heavy (non-hydrogen) atoms. The SMILES string of the molecule is CC(C)CC[C@H](c1ccc(C(=O)NCc2nn[nH]n2)cc1)N1C(=O)C(c2cc(Cl)cc(Cl)c2)=NC12CCC(C(C)(C)C)CC2. The van der Waals surface area contributed by atoms with Crippen molar-refractivity contribution >= 4 is 40.7 Å². The molecule has 1 saturated carbocycles. The lowest BCUT2D eigenvalue weighted by atomic mass is 9.69. The van der Waals surface area contributed by atoms with Gasteiger partial charge in [0.2, 0.25) is 0 Å². The van der Waals surface area contributed by atoms with Crippen LogP contribution >= 0.6 is 23.2 Å². The van der Waals surface area contributed by atoms with Crippen LogP contribution < -0.4 is 5.32 Å². The van der Waals surface area contributed by atoms with Gasteiger partial charge in [0.1, 0.15) is 11.4 Å². The van der Waals surface area contributed by atoms with Crippen LogP contribution in [0.1, 0.15) is 106 Å². The number of nitrogens with zero attached hydrogens (tertiary/aromatic N) is 5. The van der Waals surface area contributed by atoms with Crippen molar-refractivity contribution in [1.82, 2.24) is 30.8 Å². The number of rotatable bonds is 9. The largest absolute Gasteiger partial charge is 0.345 e. The van der Waals surface area contributed by atoms with Crippen LogP contribution in [-0.2, 0) is 11.3 Å². The minimum atomic E-state index is -0.661. The summed E-state index contributed by atoms with van der Waals surface area (Å²) in [5.41, 5.74) is 2.06. The van der Waals surface area contributed by atoms with E-state index in [1.165, 1.54) is 0 Å². The van der Waals surface area contributed by atoms with Crippen molar-refractivity contribution in [2.75, 3.05) is 0 Å². The van der Waals surface area contributed by atoms with Crippen molar-refractivity contribution in [3.05, 3.63) is 75.0 Å². The summed E-state index contributed by atoms with van der Waals surface area (Å²) in [5, 5.41) is 17.4. The van der Waals surface area contributed by atoms with Gasteiger partial charge in [-0.3, -0.25) is 14.6 Å². The van der Waals surface area contributed by atoms with Crippen LogP contribution in [0.25, 0.3) is 0 Å². The van der Waals surface area contributed by atoms with Crippen molar-refractivity contribution in [2.45, 2.75) is 91.4 Å². The Labute approximate surface area is 269 Å². The van der Waals surface area contributed by atoms with Crippen molar-refractivity contribution in [2.24, 2.45) is 22.2 Å². The van der Waals surface area contributed by atoms with Crippen LogP contribution in [0.5, 0.6) is 0 Å². The fourth-order valence-corrected chi connectivity index (χ4v) is 7.06. The lowest BCUT2D eigenvalue weighted by molar-refractivity contribution is -0.133. The first-order chi connectivity index (χ1) is 20.9. The predicted octanol–water partition coefficient (Wildman–Crippen LogP) is 7.18. The molecule has 1 aliphatic heterocycles. The van der Waals surface area contributed by atoms with Crippen LogP contribution in [0.3, 0.4) is 0 Å². The molecule has 9 nitrogen and oxygen atoms in total. The molecule has 0 saturated heterocycles. The highest BCUT2D eigenvalue weighted by atomic mass is 35.5. The Kier molecular flexibility index (Phi) is 9.47. The number of aromatic nitrogens is 4. The molecule has 2 aliphatic rings. The summed E-state index contributed by atoms with van der Waals surface area (Å²) in [6.45, 7) is 11.4. The summed E-state index contributed by atoms with van der Waals surface area (Å²) in [6.07, 6.45) is 5.24. The minimum absolute atomic E-state index is 0.103. The molecule has 2 heterocycles. The molecule has 5 rings (SSSR count). The molecule has 2 amide bonds. The van der Waals surface area contributed by atoms with Gasteiger partial charge in [0, 0.05) is 21.2 Å². The van der Waals surface area contributed by atoms with Gasteiger partial charge in [-0.05, 0) is 91.7 Å². The molecule has 2 N–H and O–H groups in total. The van der Waals surface area contributed by atoms with E-state index in [0.29, 0.717) is 44.5 Å². The molecule has 0 bridgehead atoms. The van der Waals surface area contributed by atoms with E-state index in [1.54, 1.807) is 18.2 Å². The number of H-pyrrole nitrogens is 1. The van der Waals surface area contributed by atoms with Gasteiger partial charge in [-0.25, -0.2) is 0 Å². The smallest absolute Gasteiger partial charge is 0.275 e.